The van der Waals surface area contributed by atoms with Crippen molar-refractivity contribution in [3.63, 3.8) is 0 Å². The summed E-state index contributed by atoms with van der Waals surface area (Å²) in [7, 11) is 0. The van der Waals surface area contributed by atoms with Crippen LogP contribution in [0.2, 0.25) is 10.0 Å². The summed E-state index contributed by atoms with van der Waals surface area (Å²) in [6.45, 7) is 0.155. The second-order valence-corrected chi connectivity index (χ2v) is 10.6. The fourth-order valence-corrected chi connectivity index (χ4v) is 4.03. The van der Waals surface area contributed by atoms with Crippen molar-refractivity contribution in [1.82, 2.24) is 5.32 Å². The van der Waals surface area contributed by atoms with Crippen molar-refractivity contribution in [2.24, 2.45) is 5.41 Å². The number of halogens is 8. The summed E-state index contributed by atoms with van der Waals surface area (Å²) >= 11 is 11.9. The van der Waals surface area contributed by atoms with Crippen molar-refractivity contribution in [3.8, 4) is 5.75 Å². The topological polar surface area (TPSA) is 84.5 Å². The fourth-order valence-electron chi connectivity index (χ4n) is 3.62. The van der Waals surface area contributed by atoms with Crippen LogP contribution in [0, 0.1) is 11.2 Å². The normalized spacial score (nSPS) is 11.8. The molecule has 0 saturated heterocycles. The highest BCUT2D eigenvalue weighted by Gasteiger charge is 2.52. The summed E-state index contributed by atoms with van der Waals surface area (Å²) in [6.07, 6.45) is -7.94. The van der Waals surface area contributed by atoms with Gasteiger partial charge in [-0.05, 0) is 67.4 Å². The van der Waals surface area contributed by atoms with Crippen molar-refractivity contribution in [1.29, 1.82) is 0 Å². The van der Waals surface area contributed by atoms with Crippen LogP contribution in [0.3, 0.4) is 0 Å². The van der Waals surface area contributed by atoms with E-state index in [1.807, 2.05) is 0 Å². The van der Waals surface area contributed by atoms with Crippen molar-refractivity contribution in [2.45, 2.75) is 39.4 Å². The highest BCUT2D eigenvalue weighted by Crippen LogP contribution is 2.37. The first-order chi connectivity index (χ1) is 20.0. The fraction of sp³-hybridized carbons (Fsp3) is 0.276. The highest BCUT2D eigenvalue weighted by molar-refractivity contribution is 6.34. The number of amides is 2. The molecule has 0 aliphatic heterocycles. The van der Waals surface area contributed by atoms with Gasteiger partial charge in [-0.3, -0.25) is 14.4 Å². The summed E-state index contributed by atoms with van der Waals surface area (Å²) in [5.41, 5.74) is -2.19. The number of ether oxygens (including phenoxy) is 1. The number of anilines is 1. The second-order valence-electron chi connectivity index (χ2n) is 9.84. The molecule has 0 heterocycles. The van der Waals surface area contributed by atoms with Gasteiger partial charge in [-0.15, -0.1) is 0 Å². The minimum absolute atomic E-state index is 0.00604. The third-order valence-electron chi connectivity index (χ3n) is 6.26. The Morgan fingerprint density at radius 1 is 0.884 bits per heavy atom. The number of hydrogen-bond acceptors (Lipinski definition) is 4. The molecule has 0 saturated carbocycles. The van der Waals surface area contributed by atoms with Crippen molar-refractivity contribution >= 4 is 46.5 Å². The maximum atomic E-state index is 13.5. The monoisotopic (exact) mass is 648 g/mol. The Bertz CT molecular complexity index is 1530. The number of hydrogen-bond donors (Lipinski definition) is 2. The maximum Gasteiger partial charge on any atom is 0.402 e. The number of ketones is 1. The minimum atomic E-state index is -4.78. The van der Waals surface area contributed by atoms with Gasteiger partial charge in [-0.2, -0.15) is 13.2 Å². The summed E-state index contributed by atoms with van der Waals surface area (Å²) in [4.78, 5) is 38.3. The quantitative estimate of drug-likeness (QED) is 0.165. The lowest BCUT2D eigenvalue weighted by Crippen LogP contribution is -2.46. The number of nitrogens with one attached hydrogen (secondary N) is 2. The maximum absolute atomic E-state index is 13.5. The molecular formula is C29H24Cl2F6N2O4. The van der Waals surface area contributed by atoms with Crippen LogP contribution in [0.15, 0.2) is 54.6 Å². The van der Waals surface area contributed by atoms with Crippen LogP contribution < -0.4 is 15.4 Å². The third-order valence-corrected chi connectivity index (χ3v) is 6.88. The molecule has 0 atom stereocenters. The van der Waals surface area contributed by atoms with Crippen molar-refractivity contribution < 1.29 is 45.5 Å². The first-order valence-corrected chi connectivity index (χ1v) is 13.2. The smallest absolute Gasteiger partial charge is 0.402 e. The second kappa shape index (κ2) is 13.7. The number of Topliss-reactive ketones (excluding diaryl/α,β-unsaturated/α-hetero) is 1. The first kappa shape index (κ1) is 33.7. The Labute approximate surface area is 252 Å². The van der Waals surface area contributed by atoms with Crippen LogP contribution in [0.4, 0.5) is 32.0 Å². The summed E-state index contributed by atoms with van der Waals surface area (Å²) in [5.74, 6) is -3.56. The average Bonchev–Trinajstić information content (AvgIpc) is 2.92. The molecule has 43 heavy (non-hydrogen) atoms. The van der Waals surface area contributed by atoms with E-state index in [-0.39, 0.29) is 51.1 Å². The van der Waals surface area contributed by atoms with E-state index in [2.05, 4.69) is 10.6 Å². The van der Waals surface area contributed by atoms with Gasteiger partial charge < -0.3 is 15.4 Å². The van der Waals surface area contributed by atoms with E-state index < -0.39 is 48.0 Å². The molecule has 6 nitrogen and oxygen atoms in total. The Balaban J connectivity index is 1.82. The molecule has 0 radical (unpaired) electrons. The molecule has 0 aliphatic rings. The average molecular weight is 649 g/mol. The number of carbonyl (C=O) groups is 3. The van der Waals surface area contributed by atoms with Crippen LogP contribution >= 0.6 is 23.2 Å². The zero-order valence-electron chi connectivity index (χ0n) is 22.6. The lowest BCUT2D eigenvalue weighted by atomic mass is 9.91. The molecule has 3 rings (SSSR count). The van der Waals surface area contributed by atoms with E-state index in [4.69, 9.17) is 27.9 Å². The summed E-state index contributed by atoms with van der Waals surface area (Å²) in [6, 6.07) is 11.3. The van der Waals surface area contributed by atoms with Gasteiger partial charge in [0.15, 0.2) is 5.78 Å². The van der Waals surface area contributed by atoms with Gasteiger partial charge in [-0.1, -0.05) is 35.3 Å². The molecule has 3 aromatic carbocycles. The number of carbonyl (C=O) groups excluding carboxylic acids is 3. The predicted octanol–water partition coefficient (Wildman–Crippen LogP) is 7.66. The number of benzene rings is 3. The largest absolute Gasteiger partial charge is 0.487 e. The molecule has 230 valence electrons. The van der Waals surface area contributed by atoms with Crippen LogP contribution in [0.25, 0.3) is 0 Å². The lowest BCUT2D eigenvalue weighted by molar-refractivity contribution is -0.211. The van der Waals surface area contributed by atoms with E-state index in [0.717, 1.165) is 26.0 Å². The Hall–Kier alpha value is -3.77. The van der Waals surface area contributed by atoms with Crippen molar-refractivity contribution in [3.05, 3.63) is 92.7 Å². The molecular weight excluding hydrogens is 625 g/mol. The first-order valence-electron chi connectivity index (χ1n) is 12.5. The summed E-state index contributed by atoms with van der Waals surface area (Å²) in [5, 5.41) is 4.41. The SMILES string of the molecule is CC(C)(C(=O)NCc1ccc(Cl)c(C(=O)Cc2ccc(OCC(F)F)c(C(=O)Nc3ccc(F)c(Cl)c3)c2)c1)C(F)(F)F. The highest BCUT2D eigenvalue weighted by atomic mass is 35.5. The van der Waals surface area contributed by atoms with Crippen LogP contribution in [0.5, 0.6) is 5.75 Å². The van der Waals surface area contributed by atoms with E-state index in [0.29, 0.717) is 5.56 Å². The molecule has 0 unspecified atom stereocenters. The number of rotatable bonds is 11. The van der Waals surface area contributed by atoms with E-state index in [1.165, 1.54) is 42.5 Å². The minimum Gasteiger partial charge on any atom is -0.487 e. The van der Waals surface area contributed by atoms with Gasteiger partial charge in [-0.25, -0.2) is 13.2 Å². The van der Waals surface area contributed by atoms with E-state index in [1.54, 1.807) is 0 Å². The standard InChI is InChI=1S/C29H24Cl2F6N2O4/c1-28(2,29(35,36)37)27(42)38-13-16-3-6-20(30)18(10-16)23(40)11-15-4-8-24(43-14-25(33)34)19(9-15)26(41)39-17-5-7-22(32)21(31)12-17/h3-10,12,25H,11,13-14H2,1-2H3,(H,38,42)(H,39,41). The molecule has 3 aromatic rings. The van der Waals surface area contributed by atoms with Gasteiger partial charge >= 0.3 is 6.18 Å². The molecule has 14 heteroatoms. The number of alkyl halides is 5. The molecule has 2 N–H and O–H groups in total. The Morgan fingerprint density at radius 3 is 2.16 bits per heavy atom. The van der Waals surface area contributed by atoms with Crippen LogP contribution in [0.1, 0.15) is 45.7 Å². The van der Waals surface area contributed by atoms with Gasteiger partial charge in [0.1, 0.15) is 23.6 Å². The molecule has 0 spiro atoms. The Kier molecular flexibility index (Phi) is 10.7. The molecule has 0 bridgehead atoms. The van der Waals surface area contributed by atoms with Gasteiger partial charge in [0.2, 0.25) is 5.91 Å². The van der Waals surface area contributed by atoms with Gasteiger partial charge in [0, 0.05) is 24.2 Å². The molecule has 2 amide bonds. The molecule has 0 aliphatic carbocycles. The molecule has 0 aromatic heterocycles. The third kappa shape index (κ3) is 8.64. The van der Waals surface area contributed by atoms with Gasteiger partial charge in [0.05, 0.1) is 15.6 Å². The van der Waals surface area contributed by atoms with Crippen LogP contribution in [-0.2, 0) is 17.8 Å². The summed E-state index contributed by atoms with van der Waals surface area (Å²) < 4.78 is 83.6. The van der Waals surface area contributed by atoms with Crippen molar-refractivity contribution in [2.75, 3.05) is 11.9 Å². The van der Waals surface area contributed by atoms with Crippen LogP contribution in [-0.4, -0.2) is 36.8 Å². The lowest BCUT2D eigenvalue weighted by Gasteiger charge is -2.26. The zero-order valence-corrected chi connectivity index (χ0v) is 24.1. The Morgan fingerprint density at radius 2 is 1.53 bits per heavy atom. The predicted molar refractivity (Wildman–Crippen MR) is 148 cm³/mol. The van der Waals surface area contributed by atoms with E-state index >= 15 is 0 Å². The zero-order chi connectivity index (χ0) is 32.1. The molecule has 0 fully saturated rings. The van der Waals surface area contributed by atoms with E-state index in [9.17, 15) is 40.7 Å². The van der Waals surface area contributed by atoms with Gasteiger partial charge in [0.25, 0.3) is 12.3 Å².